The number of hydrogen-bond donors (Lipinski definition) is 0. The van der Waals surface area contributed by atoms with Crippen LogP contribution in [0.25, 0.3) is 15.9 Å². The van der Waals surface area contributed by atoms with E-state index in [0.717, 1.165) is 4.70 Å². The van der Waals surface area contributed by atoms with Crippen LogP contribution in [0.2, 0.25) is 0 Å². The van der Waals surface area contributed by atoms with Crippen LogP contribution in [0, 0.1) is 10.1 Å². The van der Waals surface area contributed by atoms with Crippen molar-refractivity contribution >= 4 is 27.2 Å². The number of rotatable bonds is 2. The molecular weight excluding hydrogens is 242 g/mol. The van der Waals surface area contributed by atoms with E-state index in [0.29, 0.717) is 11.2 Å². The van der Waals surface area contributed by atoms with Crippen molar-refractivity contribution in [2.24, 2.45) is 0 Å². The molecule has 0 aliphatic heterocycles. The summed E-state index contributed by atoms with van der Waals surface area (Å²) in [7, 11) is 0. The molecule has 0 atom stereocenters. The lowest BCUT2D eigenvalue weighted by Gasteiger charge is -2.02. The molecule has 0 aliphatic rings. The highest BCUT2D eigenvalue weighted by Crippen LogP contribution is 2.32. The van der Waals surface area contributed by atoms with Crippen LogP contribution < -0.4 is 0 Å². The van der Waals surface area contributed by atoms with Crippen molar-refractivity contribution in [3.8, 4) is 5.69 Å². The summed E-state index contributed by atoms with van der Waals surface area (Å²) in [4.78, 5) is 18.5. The third-order valence-corrected chi connectivity index (χ3v) is 3.10. The molecular formula is C9H5N5O2S. The molecule has 1 aromatic carbocycles. The SMILES string of the molecule is O=[N+]([O-])c1c(-n2cncn2)ccc2scnc12. The Bertz CT molecular complexity index is 691. The zero-order chi connectivity index (χ0) is 11.8. The molecule has 84 valence electrons. The Morgan fingerprint density at radius 3 is 3.00 bits per heavy atom. The topological polar surface area (TPSA) is 86.7 Å². The van der Waals surface area contributed by atoms with Crippen molar-refractivity contribution in [2.45, 2.75) is 0 Å². The van der Waals surface area contributed by atoms with Gasteiger partial charge in [-0.25, -0.2) is 14.6 Å². The van der Waals surface area contributed by atoms with E-state index < -0.39 is 4.92 Å². The molecule has 0 saturated carbocycles. The number of nitro benzene ring substituents is 1. The fraction of sp³-hybridized carbons (Fsp3) is 0. The summed E-state index contributed by atoms with van der Waals surface area (Å²) >= 11 is 1.36. The van der Waals surface area contributed by atoms with Gasteiger partial charge in [0.25, 0.3) is 0 Å². The standard InChI is InChI=1S/C9H5N5O2S/c15-14(16)9-6(13-4-10-3-12-13)1-2-7-8(9)11-5-17-7/h1-5H. The van der Waals surface area contributed by atoms with Gasteiger partial charge in [0.15, 0.2) is 5.52 Å². The Labute approximate surface area is 98.5 Å². The largest absolute Gasteiger partial charge is 0.321 e. The van der Waals surface area contributed by atoms with Gasteiger partial charge in [-0.05, 0) is 12.1 Å². The monoisotopic (exact) mass is 247 g/mol. The first-order chi connectivity index (χ1) is 8.27. The molecule has 17 heavy (non-hydrogen) atoms. The highest BCUT2D eigenvalue weighted by Gasteiger charge is 2.22. The molecule has 2 aromatic heterocycles. The van der Waals surface area contributed by atoms with Crippen LogP contribution in [-0.2, 0) is 0 Å². The van der Waals surface area contributed by atoms with Crippen LogP contribution in [0.1, 0.15) is 0 Å². The van der Waals surface area contributed by atoms with Gasteiger partial charge in [0.1, 0.15) is 18.3 Å². The van der Waals surface area contributed by atoms with Crippen LogP contribution >= 0.6 is 11.3 Å². The predicted molar refractivity (Wildman–Crippen MR) is 61.2 cm³/mol. The van der Waals surface area contributed by atoms with E-state index in [1.807, 2.05) is 0 Å². The van der Waals surface area contributed by atoms with Crippen molar-refractivity contribution in [3.63, 3.8) is 0 Å². The lowest BCUT2D eigenvalue weighted by atomic mass is 10.2. The van der Waals surface area contributed by atoms with Crippen LogP contribution in [-0.4, -0.2) is 24.7 Å². The summed E-state index contributed by atoms with van der Waals surface area (Å²) in [6.07, 6.45) is 2.75. The van der Waals surface area contributed by atoms with E-state index >= 15 is 0 Å². The molecule has 3 aromatic rings. The fourth-order valence-electron chi connectivity index (χ4n) is 1.60. The van der Waals surface area contributed by atoms with E-state index in [1.165, 1.54) is 28.7 Å². The maximum Gasteiger partial charge on any atom is 0.321 e. The third kappa shape index (κ3) is 1.46. The van der Waals surface area contributed by atoms with Gasteiger partial charge in [-0.3, -0.25) is 10.1 Å². The first kappa shape index (κ1) is 9.85. The zero-order valence-electron chi connectivity index (χ0n) is 8.35. The van der Waals surface area contributed by atoms with Crippen molar-refractivity contribution in [2.75, 3.05) is 0 Å². The average Bonchev–Trinajstić information content (AvgIpc) is 2.98. The van der Waals surface area contributed by atoms with E-state index in [-0.39, 0.29) is 5.69 Å². The average molecular weight is 247 g/mol. The van der Waals surface area contributed by atoms with Gasteiger partial charge in [-0.15, -0.1) is 11.3 Å². The van der Waals surface area contributed by atoms with Gasteiger partial charge < -0.3 is 0 Å². The second-order valence-electron chi connectivity index (χ2n) is 3.23. The van der Waals surface area contributed by atoms with E-state index in [9.17, 15) is 10.1 Å². The number of aromatic nitrogens is 4. The fourth-order valence-corrected chi connectivity index (χ4v) is 2.28. The molecule has 0 amide bonds. The molecule has 0 saturated heterocycles. The van der Waals surface area contributed by atoms with Crippen LogP contribution in [0.4, 0.5) is 5.69 Å². The summed E-state index contributed by atoms with van der Waals surface area (Å²) in [6.45, 7) is 0. The second-order valence-corrected chi connectivity index (χ2v) is 4.12. The Balaban J connectivity index is 2.38. The predicted octanol–water partition coefficient (Wildman–Crippen LogP) is 1.79. The molecule has 2 heterocycles. The molecule has 0 bridgehead atoms. The quantitative estimate of drug-likeness (QED) is 0.509. The third-order valence-electron chi connectivity index (χ3n) is 2.30. The van der Waals surface area contributed by atoms with Crippen molar-refractivity contribution in [1.29, 1.82) is 0 Å². The van der Waals surface area contributed by atoms with Gasteiger partial charge in [0.05, 0.1) is 15.1 Å². The normalized spacial score (nSPS) is 10.8. The minimum absolute atomic E-state index is 0.0470. The van der Waals surface area contributed by atoms with Crippen LogP contribution in [0.3, 0.4) is 0 Å². The van der Waals surface area contributed by atoms with Gasteiger partial charge in [-0.1, -0.05) is 0 Å². The first-order valence-electron chi connectivity index (χ1n) is 4.63. The summed E-state index contributed by atoms with van der Waals surface area (Å²) in [5, 5.41) is 15.0. The van der Waals surface area contributed by atoms with Crippen molar-refractivity contribution in [3.05, 3.63) is 40.4 Å². The molecule has 8 heteroatoms. The Hall–Kier alpha value is -2.35. The molecule has 0 radical (unpaired) electrons. The highest BCUT2D eigenvalue weighted by molar-refractivity contribution is 7.16. The van der Waals surface area contributed by atoms with Gasteiger partial charge >= 0.3 is 5.69 Å². The zero-order valence-corrected chi connectivity index (χ0v) is 9.16. The van der Waals surface area contributed by atoms with Crippen molar-refractivity contribution in [1.82, 2.24) is 19.7 Å². The molecule has 0 fully saturated rings. The minimum atomic E-state index is -0.445. The van der Waals surface area contributed by atoms with Crippen molar-refractivity contribution < 1.29 is 4.92 Å². The maximum atomic E-state index is 11.1. The highest BCUT2D eigenvalue weighted by atomic mass is 32.1. The summed E-state index contributed by atoms with van der Waals surface area (Å²) < 4.78 is 2.14. The number of fused-ring (bicyclic) bond motifs is 1. The first-order valence-corrected chi connectivity index (χ1v) is 5.51. The van der Waals surface area contributed by atoms with Crippen LogP contribution in [0.5, 0.6) is 0 Å². The number of benzene rings is 1. The van der Waals surface area contributed by atoms with Gasteiger partial charge in [0.2, 0.25) is 0 Å². The Morgan fingerprint density at radius 2 is 2.29 bits per heavy atom. The van der Waals surface area contributed by atoms with Gasteiger partial charge in [-0.2, -0.15) is 5.10 Å². The van der Waals surface area contributed by atoms with Gasteiger partial charge in [0, 0.05) is 0 Å². The summed E-state index contributed by atoms with van der Waals surface area (Å²) in [5.74, 6) is 0. The lowest BCUT2D eigenvalue weighted by Crippen LogP contribution is -2.01. The maximum absolute atomic E-state index is 11.1. The molecule has 7 nitrogen and oxygen atoms in total. The lowest BCUT2D eigenvalue weighted by molar-refractivity contribution is -0.383. The summed E-state index contributed by atoms with van der Waals surface area (Å²) in [5.41, 5.74) is 2.29. The minimum Gasteiger partial charge on any atom is -0.258 e. The number of nitrogens with zero attached hydrogens (tertiary/aromatic N) is 5. The molecule has 3 rings (SSSR count). The Morgan fingerprint density at radius 1 is 1.41 bits per heavy atom. The smallest absolute Gasteiger partial charge is 0.258 e. The molecule has 0 aliphatic carbocycles. The molecule has 0 unspecified atom stereocenters. The number of nitro groups is 1. The van der Waals surface area contributed by atoms with E-state index in [2.05, 4.69) is 15.1 Å². The van der Waals surface area contributed by atoms with E-state index in [1.54, 1.807) is 17.6 Å². The van der Waals surface area contributed by atoms with E-state index in [4.69, 9.17) is 0 Å². The summed E-state index contributed by atoms with van der Waals surface area (Å²) in [6, 6.07) is 3.43. The second kappa shape index (κ2) is 3.59. The van der Waals surface area contributed by atoms with Crippen LogP contribution in [0.15, 0.2) is 30.3 Å². The molecule has 0 spiro atoms. The molecule has 0 N–H and O–H groups in total. The Kier molecular flexibility index (Phi) is 2.08. The number of thiazole rings is 1. The number of hydrogen-bond acceptors (Lipinski definition) is 6.